The highest BCUT2D eigenvalue weighted by Gasteiger charge is 2.32. The van der Waals surface area contributed by atoms with Gasteiger partial charge in [-0.3, -0.25) is 9.69 Å². The van der Waals surface area contributed by atoms with Crippen molar-refractivity contribution in [1.82, 2.24) is 19.6 Å². The summed E-state index contributed by atoms with van der Waals surface area (Å²) in [5.41, 5.74) is 5.00. The van der Waals surface area contributed by atoms with Crippen molar-refractivity contribution in [3.8, 4) is 5.75 Å². The standard InChI is InChI=1S/C23H36N2O2.C16H21N3O3/c1-16-6-5-9-25(15-16)21-7-10-24(11-8-21)23(27)19(4)14-20-12-17(2)22(26)18(3)13-20;1-22-16(21)18-9-7-13(8-10-18)19-11-6-12-4-2-3-5-14(12)17-15(19)20/h12-13,16,19,21,26H,5-11,14-15H2,1-4H3;2-5,13H,6-11H2,1H3,(H,17,20)/t16-,19+;/m0./s1. The second-order valence-electron chi connectivity index (χ2n) is 14.7. The number of ether oxygens (including phenoxy) is 1. The zero-order valence-electron chi connectivity index (χ0n) is 30.2. The van der Waals surface area contributed by atoms with Gasteiger partial charge in [-0.05, 0) is 106 Å². The van der Waals surface area contributed by atoms with E-state index in [1.807, 2.05) is 56.0 Å². The topological polar surface area (TPSA) is 106 Å². The van der Waals surface area contributed by atoms with Crippen LogP contribution in [0.1, 0.15) is 74.6 Å². The van der Waals surface area contributed by atoms with E-state index >= 15 is 0 Å². The summed E-state index contributed by atoms with van der Waals surface area (Å²) in [7, 11) is 1.40. The van der Waals surface area contributed by atoms with Crippen molar-refractivity contribution < 1.29 is 24.2 Å². The Labute approximate surface area is 292 Å². The summed E-state index contributed by atoms with van der Waals surface area (Å²) in [6.07, 6.45) is 7.80. The third-order valence-electron chi connectivity index (χ3n) is 11.0. The Morgan fingerprint density at radius 3 is 2.20 bits per heavy atom. The number of para-hydroxylation sites is 1. The number of nitrogens with zero attached hydrogens (tertiary/aromatic N) is 4. The molecule has 268 valence electrons. The molecule has 4 heterocycles. The molecule has 2 atom stereocenters. The minimum Gasteiger partial charge on any atom is -0.507 e. The molecule has 4 aliphatic heterocycles. The molecule has 0 aromatic heterocycles. The zero-order chi connectivity index (χ0) is 35.1. The van der Waals surface area contributed by atoms with Crippen molar-refractivity contribution in [2.45, 2.75) is 91.1 Å². The van der Waals surface area contributed by atoms with Crippen LogP contribution in [0.15, 0.2) is 36.4 Å². The first-order valence-electron chi connectivity index (χ1n) is 18.3. The Morgan fingerprint density at radius 2 is 1.55 bits per heavy atom. The fourth-order valence-electron chi connectivity index (χ4n) is 8.15. The van der Waals surface area contributed by atoms with Gasteiger partial charge in [0.25, 0.3) is 0 Å². The molecule has 2 N–H and O–H groups in total. The number of rotatable bonds is 5. The maximum absolute atomic E-state index is 12.9. The molecule has 0 aliphatic carbocycles. The lowest BCUT2D eigenvalue weighted by molar-refractivity contribution is -0.136. The number of hydrogen-bond acceptors (Lipinski definition) is 6. The van der Waals surface area contributed by atoms with Crippen LogP contribution in [0.3, 0.4) is 0 Å². The summed E-state index contributed by atoms with van der Waals surface area (Å²) in [5, 5.41) is 12.9. The highest BCUT2D eigenvalue weighted by Crippen LogP contribution is 2.28. The van der Waals surface area contributed by atoms with Gasteiger partial charge in [0, 0.05) is 63.0 Å². The van der Waals surface area contributed by atoms with Crippen molar-refractivity contribution in [2.75, 3.05) is 58.2 Å². The smallest absolute Gasteiger partial charge is 0.409 e. The number of carbonyl (C=O) groups excluding carboxylic acids is 3. The molecule has 3 fully saturated rings. The Morgan fingerprint density at radius 1 is 0.918 bits per heavy atom. The number of hydrogen-bond donors (Lipinski definition) is 2. The third kappa shape index (κ3) is 9.26. The van der Waals surface area contributed by atoms with Crippen molar-refractivity contribution in [3.05, 3.63) is 58.7 Å². The normalized spacial score (nSPS) is 21.5. The first kappa shape index (κ1) is 36.5. The van der Waals surface area contributed by atoms with Gasteiger partial charge in [-0.2, -0.15) is 0 Å². The van der Waals surface area contributed by atoms with Gasteiger partial charge in [-0.25, -0.2) is 9.59 Å². The Kier molecular flexibility index (Phi) is 12.5. The number of phenols is 1. The number of piperidine rings is 3. The van der Waals surface area contributed by atoms with Crippen LogP contribution in [0, 0.1) is 25.7 Å². The Hall–Kier alpha value is -3.79. The van der Waals surface area contributed by atoms with E-state index in [1.165, 1.54) is 38.6 Å². The predicted octanol–water partition coefficient (Wildman–Crippen LogP) is 6.22. The van der Waals surface area contributed by atoms with Crippen molar-refractivity contribution in [1.29, 1.82) is 0 Å². The molecule has 10 heteroatoms. The van der Waals surface area contributed by atoms with E-state index in [9.17, 15) is 19.5 Å². The molecule has 2 aromatic rings. The first-order valence-corrected chi connectivity index (χ1v) is 18.3. The summed E-state index contributed by atoms with van der Waals surface area (Å²) in [6, 6.07) is 12.7. The van der Waals surface area contributed by atoms with E-state index in [1.54, 1.807) is 4.90 Å². The lowest BCUT2D eigenvalue weighted by Gasteiger charge is -2.42. The van der Waals surface area contributed by atoms with E-state index in [4.69, 9.17) is 4.74 Å². The van der Waals surface area contributed by atoms with Crippen molar-refractivity contribution >= 4 is 23.7 Å². The maximum atomic E-state index is 12.9. The summed E-state index contributed by atoms with van der Waals surface area (Å²) < 4.78 is 4.75. The van der Waals surface area contributed by atoms with Gasteiger partial charge in [0.05, 0.1) is 7.11 Å². The van der Waals surface area contributed by atoms with Crippen LogP contribution in [0.5, 0.6) is 5.75 Å². The maximum Gasteiger partial charge on any atom is 0.409 e. The number of phenolic OH excluding ortho intramolecular Hbond substituents is 1. The van der Waals surface area contributed by atoms with Crippen molar-refractivity contribution in [2.24, 2.45) is 11.8 Å². The average Bonchev–Trinajstić information content (AvgIpc) is 3.28. The number of methoxy groups -OCH3 is 1. The number of likely N-dealkylation sites (tertiary alicyclic amines) is 3. The minimum absolute atomic E-state index is 0.0140. The molecule has 49 heavy (non-hydrogen) atoms. The molecule has 6 rings (SSSR count). The van der Waals surface area contributed by atoms with Gasteiger partial charge in [0.2, 0.25) is 5.91 Å². The fourth-order valence-corrected chi connectivity index (χ4v) is 8.15. The highest BCUT2D eigenvalue weighted by atomic mass is 16.5. The number of fused-ring (bicyclic) bond motifs is 1. The largest absolute Gasteiger partial charge is 0.507 e. The van der Waals surface area contributed by atoms with Gasteiger partial charge < -0.3 is 29.9 Å². The molecule has 0 radical (unpaired) electrons. The molecule has 0 unspecified atom stereocenters. The lowest BCUT2D eigenvalue weighted by Crippen LogP contribution is -2.50. The van der Waals surface area contributed by atoms with Crippen LogP contribution in [0.25, 0.3) is 0 Å². The number of benzene rings is 2. The molecule has 10 nitrogen and oxygen atoms in total. The predicted molar refractivity (Wildman–Crippen MR) is 193 cm³/mol. The molecule has 4 amide bonds. The second-order valence-corrected chi connectivity index (χ2v) is 14.7. The number of aromatic hydroxyl groups is 1. The van der Waals surface area contributed by atoms with Crippen LogP contribution < -0.4 is 5.32 Å². The molecular formula is C39H57N5O5. The van der Waals surface area contributed by atoms with E-state index in [0.717, 1.165) is 79.9 Å². The molecular weight excluding hydrogens is 618 g/mol. The SMILES string of the molecule is COC(=O)N1CCC(N2CCc3ccccc3NC2=O)CC1.Cc1cc(C[C@@H](C)C(=O)N2CCC(N3CCC[C@H](C)C3)CC2)cc(C)c1O. The molecule has 4 aliphatic rings. The lowest BCUT2D eigenvalue weighted by atomic mass is 9.93. The van der Waals surface area contributed by atoms with Crippen LogP contribution >= 0.6 is 0 Å². The zero-order valence-corrected chi connectivity index (χ0v) is 30.2. The quantitative estimate of drug-likeness (QED) is 0.390. The number of urea groups is 1. The summed E-state index contributed by atoms with van der Waals surface area (Å²) >= 11 is 0. The van der Waals surface area contributed by atoms with E-state index in [-0.39, 0.29) is 30.0 Å². The van der Waals surface area contributed by atoms with E-state index in [2.05, 4.69) is 28.1 Å². The summed E-state index contributed by atoms with van der Waals surface area (Å²) in [4.78, 5) is 45.3. The van der Waals surface area contributed by atoms with Gasteiger partial charge in [-0.15, -0.1) is 0 Å². The van der Waals surface area contributed by atoms with E-state index < -0.39 is 0 Å². The minimum atomic E-state index is -0.286. The van der Waals surface area contributed by atoms with Gasteiger partial charge in [0.1, 0.15) is 5.75 Å². The number of nitrogens with one attached hydrogen (secondary N) is 1. The average molecular weight is 676 g/mol. The third-order valence-corrected chi connectivity index (χ3v) is 11.0. The van der Waals surface area contributed by atoms with Gasteiger partial charge >= 0.3 is 12.1 Å². The number of aryl methyl sites for hydroxylation is 2. The van der Waals surface area contributed by atoms with Gasteiger partial charge in [0.15, 0.2) is 0 Å². The first-order chi connectivity index (χ1) is 23.5. The summed E-state index contributed by atoms with van der Waals surface area (Å²) in [5.74, 6) is 1.45. The van der Waals surface area contributed by atoms with Crippen LogP contribution in [0.4, 0.5) is 15.3 Å². The number of carbonyl (C=O) groups is 3. The van der Waals surface area contributed by atoms with Crippen LogP contribution in [0.2, 0.25) is 0 Å². The van der Waals surface area contributed by atoms with Crippen molar-refractivity contribution in [3.63, 3.8) is 0 Å². The van der Waals surface area contributed by atoms with Gasteiger partial charge in [-0.1, -0.05) is 44.2 Å². The Balaban J connectivity index is 0.000000195. The molecule has 3 saturated heterocycles. The van der Waals surface area contributed by atoms with Crippen LogP contribution in [-0.4, -0.2) is 108 Å². The fraction of sp³-hybridized carbons (Fsp3) is 0.615. The number of amides is 4. The van der Waals surface area contributed by atoms with E-state index in [0.29, 0.717) is 31.4 Å². The summed E-state index contributed by atoms with van der Waals surface area (Å²) in [6.45, 7) is 14.5. The molecule has 0 spiro atoms. The highest BCUT2D eigenvalue weighted by molar-refractivity contribution is 5.91. The second kappa shape index (κ2) is 16.7. The molecule has 0 saturated carbocycles. The van der Waals surface area contributed by atoms with Crippen LogP contribution in [-0.2, 0) is 22.4 Å². The Bertz CT molecular complexity index is 1430. The molecule has 0 bridgehead atoms. The number of anilines is 1. The monoisotopic (exact) mass is 675 g/mol. The molecule has 2 aromatic carbocycles.